The van der Waals surface area contributed by atoms with Gasteiger partial charge < -0.3 is 10.0 Å². The first-order valence-electron chi connectivity index (χ1n) is 6.67. The molecule has 0 radical (unpaired) electrons. The minimum absolute atomic E-state index is 0.109. The van der Waals surface area contributed by atoms with E-state index >= 15 is 0 Å². The van der Waals surface area contributed by atoms with Gasteiger partial charge in [-0.1, -0.05) is 13.8 Å². The van der Waals surface area contributed by atoms with Gasteiger partial charge in [-0.05, 0) is 39.0 Å². The lowest BCUT2D eigenvalue weighted by atomic mass is 10.2. The smallest absolute Gasteiger partial charge is 0.304 e. The van der Waals surface area contributed by atoms with Gasteiger partial charge in [0.15, 0.2) is 0 Å². The van der Waals surface area contributed by atoms with Crippen LogP contribution in [0.15, 0.2) is 0 Å². The summed E-state index contributed by atoms with van der Waals surface area (Å²) in [5, 5.41) is 17.3. The van der Waals surface area contributed by atoms with Crippen molar-refractivity contribution in [3.05, 3.63) is 0 Å². The van der Waals surface area contributed by atoms with Gasteiger partial charge in [-0.2, -0.15) is 5.26 Å². The highest BCUT2D eigenvalue weighted by molar-refractivity contribution is 5.66. The summed E-state index contributed by atoms with van der Waals surface area (Å²) in [4.78, 5) is 14.8. The van der Waals surface area contributed by atoms with Crippen LogP contribution < -0.4 is 0 Å². The van der Waals surface area contributed by atoms with Crippen LogP contribution in [0.25, 0.3) is 0 Å². The Morgan fingerprint density at radius 1 is 1.11 bits per heavy atom. The van der Waals surface area contributed by atoms with Crippen molar-refractivity contribution in [2.45, 2.75) is 33.1 Å². The first kappa shape index (κ1) is 16.9. The maximum absolute atomic E-state index is 10.5. The molecular weight excluding hydrogens is 230 g/mol. The predicted molar refractivity (Wildman–Crippen MR) is 71.3 cm³/mol. The summed E-state index contributed by atoms with van der Waals surface area (Å²) >= 11 is 0. The second-order valence-corrected chi connectivity index (χ2v) is 4.31. The Hall–Kier alpha value is -1.12. The molecule has 0 saturated heterocycles. The Kier molecular flexibility index (Phi) is 10.3. The highest BCUT2D eigenvalue weighted by atomic mass is 16.4. The van der Waals surface area contributed by atoms with Crippen molar-refractivity contribution in [3.8, 4) is 6.07 Å². The number of hydrogen-bond acceptors (Lipinski definition) is 4. The van der Waals surface area contributed by atoms with Crippen molar-refractivity contribution in [2.75, 3.05) is 39.3 Å². The van der Waals surface area contributed by atoms with E-state index in [0.717, 1.165) is 39.0 Å². The van der Waals surface area contributed by atoms with Gasteiger partial charge in [0.1, 0.15) is 0 Å². The second-order valence-electron chi connectivity index (χ2n) is 4.31. The number of nitrogens with zero attached hydrogens (tertiary/aromatic N) is 3. The third kappa shape index (κ3) is 8.97. The van der Waals surface area contributed by atoms with Crippen LogP contribution in [0.1, 0.15) is 33.1 Å². The Bertz CT molecular complexity index is 259. The van der Waals surface area contributed by atoms with Gasteiger partial charge in [-0.15, -0.1) is 0 Å². The zero-order valence-corrected chi connectivity index (χ0v) is 11.6. The number of carboxylic acid groups (broad SMARTS) is 1. The fourth-order valence-electron chi connectivity index (χ4n) is 1.83. The molecule has 5 nitrogen and oxygen atoms in total. The Morgan fingerprint density at radius 3 is 2.11 bits per heavy atom. The monoisotopic (exact) mass is 255 g/mol. The Balaban J connectivity index is 3.76. The number of aliphatic carboxylic acids is 1. The van der Waals surface area contributed by atoms with Crippen molar-refractivity contribution >= 4 is 5.97 Å². The molecule has 0 aliphatic heterocycles. The molecule has 0 amide bonds. The van der Waals surface area contributed by atoms with E-state index < -0.39 is 5.97 Å². The maximum atomic E-state index is 10.5. The molecular formula is C13H25N3O2. The van der Waals surface area contributed by atoms with Gasteiger partial charge in [-0.3, -0.25) is 9.69 Å². The first-order valence-corrected chi connectivity index (χ1v) is 6.67. The molecule has 0 aromatic rings. The summed E-state index contributed by atoms with van der Waals surface area (Å²) in [6.45, 7) is 9.10. The minimum Gasteiger partial charge on any atom is -0.481 e. The lowest BCUT2D eigenvalue weighted by molar-refractivity contribution is -0.137. The third-order valence-electron chi connectivity index (χ3n) is 3.03. The molecule has 0 heterocycles. The maximum Gasteiger partial charge on any atom is 0.304 e. The van der Waals surface area contributed by atoms with Gasteiger partial charge >= 0.3 is 5.97 Å². The van der Waals surface area contributed by atoms with Gasteiger partial charge in [0.2, 0.25) is 0 Å². The third-order valence-corrected chi connectivity index (χ3v) is 3.03. The van der Waals surface area contributed by atoms with E-state index in [9.17, 15) is 4.79 Å². The standard InChI is InChI=1S/C13H25N3O2/c1-3-15(4-2)9-5-6-10-16(12-8-14)11-7-13(17)18/h3-7,9-12H2,1-2H3,(H,17,18). The molecule has 104 valence electrons. The van der Waals surface area contributed by atoms with Gasteiger partial charge in [0.25, 0.3) is 0 Å². The quantitative estimate of drug-likeness (QED) is 0.446. The molecule has 0 spiro atoms. The molecule has 0 aliphatic rings. The van der Waals surface area contributed by atoms with E-state index in [1.807, 2.05) is 4.90 Å². The van der Waals surface area contributed by atoms with E-state index in [2.05, 4.69) is 24.8 Å². The second kappa shape index (κ2) is 11.0. The minimum atomic E-state index is -0.805. The first-order chi connectivity index (χ1) is 8.63. The molecule has 0 atom stereocenters. The fourth-order valence-corrected chi connectivity index (χ4v) is 1.83. The number of rotatable bonds is 11. The molecule has 0 saturated carbocycles. The lowest BCUT2D eigenvalue weighted by Crippen LogP contribution is -2.29. The van der Waals surface area contributed by atoms with Crippen molar-refractivity contribution < 1.29 is 9.90 Å². The average molecular weight is 255 g/mol. The number of carbonyl (C=O) groups is 1. The van der Waals surface area contributed by atoms with Crippen LogP contribution in [0, 0.1) is 11.3 Å². The van der Waals surface area contributed by atoms with E-state index in [1.54, 1.807) is 0 Å². The molecule has 0 unspecified atom stereocenters. The molecule has 0 aromatic heterocycles. The van der Waals surface area contributed by atoms with E-state index in [-0.39, 0.29) is 6.42 Å². The Morgan fingerprint density at radius 2 is 1.67 bits per heavy atom. The highest BCUT2D eigenvalue weighted by Crippen LogP contribution is 1.99. The molecule has 18 heavy (non-hydrogen) atoms. The van der Waals surface area contributed by atoms with Gasteiger partial charge in [0, 0.05) is 6.54 Å². The summed E-state index contributed by atoms with van der Waals surface area (Å²) < 4.78 is 0. The number of nitriles is 1. The van der Waals surface area contributed by atoms with Crippen LogP contribution in [0.2, 0.25) is 0 Å². The SMILES string of the molecule is CCN(CC)CCCCN(CC#N)CCC(=O)O. The van der Waals surface area contributed by atoms with Crippen LogP contribution in [-0.2, 0) is 4.79 Å². The van der Waals surface area contributed by atoms with Crippen LogP contribution in [0.3, 0.4) is 0 Å². The highest BCUT2D eigenvalue weighted by Gasteiger charge is 2.07. The normalized spacial score (nSPS) is 10.8. The lowest BCUT2D eigenvalue weighted by Gasteiger charge is -2.20. The summed E-state index contributed by atoms with van der Waals surface area (Å²) in [5.74, 6) is -0.805. The van der Waals surface area contributed by atoms with E-state index in [1.165, 1.54) is 0 Å². The van der Waals surface area contributed by atoms with Crippen molar-refractivity contribution in [1.82, 2.24) is 9.80 Å². The summed E-state index contributed by atoms with van der Waals surface area (Å²) in [6.07, 6.45) is 2.21. The van der Waals surface area contributed by atoms with Crippen LogP contribution in [-0.4, -0.2) is 60.1 Å². The molecule has 0 aromatic carbocycles. The van der Waals surface area contributed by atoms with Crippen LogP contribution >= 0.6 is 0 Å². The topological polar surface area (TPSA) is 67.6 Å². The van der Waals surface area contributed by atoms with Crippen LogP contribution in [0.4, 0.5) is 0 Å². The van der Waals surface area contributed by atoms with Crippen molar-refractivity contribution in [2.24, 2.45) is 0 Å². The molecule has 0 fully saturated rings. The molecule has 0 bridgehead atoms. The van der Waals surface area contributed by atoms with Gasteiger partial charge in [-0.25, -0.2) is 0 Å². The fraction of sp³-hybridized carbons (Fsp3) is 0.846. The molecule has 0 aliphatic carbocycles. The molecule has 1 N–H and O–H groups in total. The number of hydrogen-bond donors (Lipinski definition) is 1. The summed E-state index contributed by atoms with van der Waals surface area (Å²) in [7, 11) is 0. The summed E-state index contributed by atoms with van der Waals surface area (Å²) in [5.41, 5.74) is 0. The number of carboxylic acids is 1. The van der Waals surface area contributed by atoms with E-state index in [4.69, 9.17) is 10.4 Å². The average Bonchev–Trinajstić information content (AvgIpc) is 2.35. The number of unbranched alkanes of at least 4 members (excludes halogenated alkanes) is 1. The summed E-state index contributed by atoms with van der Waals surface area (Å²) in [6, 6.07) is 2.09. The van der Waals surface area contributed by atoms with E-state index in [0.29, 0.717) is 13.1 Å². The molecule has 5 heteroatoms. The zero-order valence-electron chi connectivity index (χ0n) is 11.6. The Labute approximate surface area is 110 Å². The molecule has 0 rings (SSSR count). The predicted octanol–water partition coefficient (Wildman–Crippen LogP) is 1.41. The van der Waals surface area contributed by atoms with Crippen LogP contribution in [0.5, 0.6) is 0 Å². The van der Waals surface area contributed by atoms with Gasteiger partial charge in [0.05, 0.1) is 19.0 Å². The van der Waals surface area contributed by atoms with Crippen molar-refractivity contribution in [3.63, 3.8) is 0 Å². The van der Waals surface area contributed by atoms with Crippen molar-refractivity contribution in [1.29, 1.82) is 5.26 Å². The largest absolute Gasteiger partial charge is 0.481 e. The zero-order chi connectivity index (χ0) is 13.8.